The Kier molecular flexibility index (Phi) is 2.21. The largest absolute Gasteiger partial charge is 0.342 e. The van der Waals surface area contributed by atoms with Crippen molar-refractivity contribution in [1.29, 1.82) is 0 Å². The molecule has 120 valence electrons. The number of imidazole rings is 2. The first-order chi connectivity index (χ1) is 12.3. The topological polar surface area (TPSA) is 27.2 Å². The van der Waals surface area contributed by atoms with Gasteiger partial charge in [0, 0.05) is 30.4 Å². The Morgan fingerprint density at radius 3 is 2.28 bits per heavy atom. The summed E-state index contributed by atoms with van der Waals surface area (Å²) >= 11 is 0. The average molecular weight is 324 g/mol. The minimum absolute atomic E-state index is 0.981. The molecule has 0 amide bonds. The van der Waals surface area contributed by atoms with Crippen LogP contribution in [0.25, 0.3) is 49.7 Å². The van der Waals surface area contributed by atoms with E-state index in [9.17, 15) is 0 Å². The van der Waals surface area contributed by atoms with Gasteiger partial charge in [-0.3, -0.25) is 4.40 Å². The fraction of sp³-hybridized carbons (Fsp3) is 0.0952. The van der Waals surface area contributed by atoms with Crippen molar-refractivity contribution in [2.45, 2.75) is 0 Å². The van der Waals surface area contributed by atoms with E-state index in [0.29, 0.717) is 0 Å². The molecule has 3 heterocycles. The number of para-hydroxylation sites is 3. The predicted molar refractivity (Wildman–Crippen MR) is 103 cm³/mol. The summed E-state index contributed by atoms with van der Waals surface area (Å²) in [5, 5.41) is 2.59. The molecule has 0 atom stereocenters. The quantitative estimate of drug-likeness (QED) is 0.400. The molecule has 6 aromatic rings. The van der Waals surface area contributed by atoms with Crippen LogP contribution < -0.4 is 0 Å². The minimum Gasteiger partial charge on any atom is -0.342 e. The Hall–Kier alpha value is -3.27. The number of hydrogen-bond donors (Lipinski definition) is 0. The molecule has 4 heteroatoms. The van der Waals surface area contributed by atoms with Gasteiger partial charge in [0.05, 0.1) is 27.6 Å². The molecule has 0 aliphatic heterocycles. The SMILES string of the molecule is Cn1c2ccccc2c2ccc3c(c21)n(C)c1nc2ccccc2n31. The van der Waals surface area contributed by atoms with Crippen LogP contribution in [-0.4, -0.2) is 18.5 Å². The van der Waals surface area contributed by atoms with Crippen molar-refractivity contribution >= 4 is 49.7 Å². The van der Waals surface area contributed by atoms with Crippen LogP contribution >= 0.6 is 0 Å². The van der Waals surface area contributed by atoms with Gasteiger partial charge in [0.25, 0.3) is 0 Å². The standard InChI is InChI=1S/C21H16N4/c1-23-16-9-5-3-7-13(16)14-11-12-18-20(19(14)23)24(2)21-22-15-8-4-6-10-17(15)25(18)21/h3-12H,1-2H3. The van der Waals surface area contributed by atoms with Crippen molar-refractivity contribution in [2.24, 2.45) is 14.1 Å². The van der Waals surface area contributed by atoms with E-state index in [4.69, 9.17) is 4.98 Å². The summed E-state index contributed by atoms with van der Waals surface area (Å²) in [5.41, 5.74) is 7.13. The highest BCUT2D eigenvalue weighted by Gasteiger charge is 2.18. The molecule has 25 heavy (non-hydrogen) atoms. The Morgan fingerprint density at radius 2 is 1.40 bits per heavy atom. The molecule has 0 unspecified atom stereocenters. The molecule has 0 saturated carbocycles. The zero-order valence-corrected chi connectivity index (χ0v) is 14.1. The van der Waals surface area contributed by atoms with Gasteiger partial charge in [-0.15, -0.1) is 0 Å². The lowest BCUT2D eigenvalue weighted by atomic mass is 10.1. The van der Waals surface area contributed by atoms with Crippen molar-refractivity contribution in [3.05, 3.63) is 60.7 Å². The minimum atomic E-state index is 0.981. The Balaban J connectivity index is 1.96. The van der Waals surface area contributed by atoms with E-state index in [-0.39, 0.29) is 0 Å². The van der Waals surface area contributed by atoms with Crippen LogP contribution in [0.2, 0.25) is 0 Å². The van der Waals surface area contributed by atoms with Crippen LogP contribution in [0, 0.1) is 0 Å². The van der Waals surface area contributed by atoms with Crippen LogP contribution in [0.3, 0.4) is 0 Å². The molecule has 0 radical (unpaired) electrons. The van der Waals surface area contributed by atoms with Crippen molar-refractivity contribution < 1.29 is 0 Å². The number of aromatic nitrogens is 4. The van der Waals surface area contributed by atoms with Gasteiger partial charge in [-0.25, -0.2) is 4.98 Å². The van der Waals surface area contributed by atoms with Crippen LogP contribution in [0.4, 0.5) is 0 Å². The van der Waals surface area contributed by atoms with Gasteiger partial charge >= 0.3 is 0 Å². The highest BCUT2D eigenvalue weighted by atomic mass is 15.2. The molecule has 0 aliphatic rings. The average Bonchev–Trinajstić information content (AvgIpc) is 3.26. The monoisotopic (exact) mass is 324 g/mol. The molecule has 0 saturated heterocycles. The lowest BCUT2D eigenvalue weighted by molar-refractivity contribution is 0.962. The molecule has 6 rings (SSSR count). The summed E-state index contributed by atoms with van der Waals surface area (Å²) in [5.74, 6) is 0.981. The van der Waals surface area contributed by atoms with Crippen molar-refractivity contribution in [3.63, 3.8) is 0 Å². The molecule has 4 nitrogen and oxygen atoms in total. The van der Waals surface area contributed by atoms with E-state index in [0.717, 1.165) is 16.8 Å². The van der Waals surface area contributed by atoms with Gasteiger partial charge in [0.2, 0.25) is 5.78 Å². The van der Waals surface area contributed by atoms with Gasteiger partial charge in [-0.2, -0.15) is 0 Å². The fourth-order valence-electron chi connectivity index (χ4n) is 4.33. The summed E-state index contributed by atoms with van der Waals surface area (Å²) in [6.07, 6.45) is 0. The smallest absolute Gasteiger partial charge is 0.215 e. The zero-order chi connectivity index (χ0) is 16.7. The number of fused-ring (bicyclic) bond motifs is 9. The highest BCUT2D eigenvalue weighted by molar-refractivity contribution is 6.17. The second-order valence-corrected chi connectivity index (χ2v) is 6.70. The van der Waals surface area contributed by atoms with E-state index in [1.165, 1.54) is 32.8 Å². The number of hydrogen-bond acceptors (Lipinski definition) is 1. The molecule has 0 aliphatic carbocycles. The lowest BCUT2D eigenvalue weighted by Gasteiger charge is -2.02. The predicted octanol–water partition coefficient (Wildman–Crippen LogP) is 4.62. The summed E-state index contributed by atoms with van der Waals surface area (Å²) in [7, 11) is 4.26. The molecule has 0 spiro atoms. The highest BCUT2D eigenvalue weighted by Crippen LogP contribution is 2.35. The Labute approximate surface area is 143 Å². The molecule has 0 bridgehead atoms. The molecular formula is C21H16N4. The summed E-state index contributed by atoms with van der Waals surface area (Å²) in [6, 6.07) is 21.4. The third-order valence-electron chi connectivity index (χ3n) is 5.44. The van der Waals surface area contributed by atoms with Crippen LogP contribution in [-0.2, 0) is 14.1 Å². The number of benzene rings is 3. The van der Waals surface area contributed by atoms with E-state index in [2.05, 4.69) is 82.2 Å². The Morgan fingerprint density at radius 1 is 0.640 bits per heavy atom. The van der Waals surface area contributed by atoms with Gasteiger partial charge in [0.1, 0.15) is 0 Å². The third kappa shape index (κ3) is 1.41. The van der Waals surface area contributed by atoms with E-state index >= 15 is 0 Å². The maximum Gasteiger partial charge on any atom is 0.215 e. The Bertz CT molecular complexity index is 1460. The first-order valence-corrected chi connectivity index (χ1v) is 8.47. The fourth-order valence-corrected chi connectivity index (χ4v) is 4.33. The summed E-state index contributed by atoms with van der Waals surface area (Å²) < 4.78 is 6.78. The third-order valence-corrected chi connectivity index (χ3v) is 5.44. The molecule has 3 aromatic heterocycles. The molecule has 0 N–H and O–H groups in total. The first kappa shape index (κ1) is 13.1. The molecule has 0 fully saturated rings. The van der Waals surface area contributed by atoms with Crippen LogP contribution in [0.5, 0.6) is 0 Å². The van der Waals surface area contributed by atoms with Crippen molar-refractivity contribution in [3.8, 4) is 0 Å². The molecule has 3 aromatic carbocycles. The molecular weight excluding hydrogens is 308 g/mol. The second kappa shape index (κ2) is 4.22. The lowest BCUT2D eigenvalue weighted by Crippen LogP contribution is -1.93. The van der Waals surface area contributed by atoms with E-state index in [1.54, 1.807) is 0 Å². The van der Waals surface area contributed by atoms with Gasteiger partial charge in [-0.05, 0) is 30.3 Å². The summed E-state index contributed by atoms with van der Waals surface area (Å²) in [4.78, 5) is 4.86. The number of aryl methyl sites for hydroxylation is 2. The van der Waals surface area contributed by atoms with Crippen molar-refractivity contribution in [2.75, 3.05) is 0 Å². The maximum atomic E-state index is 4.86. The van der Waals surface area contributed by atoms with Crippen molar-refractivity contribution in [1.82, 2.24) is 18.5 Å². The maximum absolute atomic E-state index is 4.86. The van der Waals surface area contributed by atoms with Gasteiger partial charge < -0.3 is 9.13 Å². The van der Waals surface area contributed by atoms with E-state index in [1.807, 2.05) is 6.07 Å². The number of nitrogens with zero attached hydrogens (tertiary/aromatic N) is 4. The van der Waals surface area contributed by atoms with E-state index < -0.39 is 0 Å². The number of rotatable bonds is 0. The van der Waals surface area contributed by atoms with Gasteiger partial charge in [-0.1, -0.05) is 30.3 Å². The summed E-state index contributed by atoms with van der Waals surface area (Å²) in [6.45, 7) is 0. The van der Waals surface area contributed by atoms with Crippen LogP contribution in [0.15, 0.2) is 60.7 Å². The zero-order valence-electron chi connectivity index (χ0n) is 14.1. The van der Waals surface area contributed by atoms with Gasteiger partial charge in [0.15, 0.2) is 0 Å². The first-order valence-electron chi connectivity index (χ1n) is 8.47. The normalized spacial score (nSPS) is 12.4. The second-order valence-electron chi connectivity index (χ2n) is 6.70. The van der Waals surface area contributed by atoms with Crippen LogP contribution in [0.1, 0.15) is 0 Å².